The van der Waals surface area contributed by atoms with Crippen LogP contribution in [0.4, 0.5) is 10.1 Å². The lowest BCUT2D eigenvalue weighted by molar-refractivity contribution is -0.118. The first kappa shape index (κ1) is 14.6. The third-order valence-electron chi connectivity index (χ3n) is 5.38. The van der Waals surface area contributed by atoms with Crippen LogP contribution in [0.3, 0.4) is 0 Å². The highest BCUT2D eigenvalue weighted by Crippen LogP contribution is 2.47. The van der Waals surface area contributed by atoms with E-state index >= 15 is 0 Å². The largest absolute Gasteiger partial charge is 0.323 e. The minimum absolute atomic E-state index is 0.0192. The molecule has 0 saturated heterocycles. The number of benzene rings is 1. The van der Waals surface area contributed by atoms with Crippen LogP contribution in [0.2, 0.25) is 0 Å². The van der Waals surface area contributed by atoms with Gasteiger partial charge in [0.25, 0.3) is 0 Å². The molecule has 1 N–H and O–H groups in total. The zero-order valence-corrected chi connectivity index (χ0v) is 13.1. The van der Waals surface area contributed by atoms with Crippen molar-refractivity contribution >= 4 is 11.6 Å². The van der Waals surface area contributed by atoms with Crippen molar-refractivity contribution in [3.63, 3.8) is 0 Å². The molecule has 1 fully saturated rings. The van der Waals surface area contributed by atoms with Crippen molar-refractivity contribution in [3.05, 3.63) is 29.6 Å². The van der Waals surface area contributed by atoms with Crippen LogP contribution in [0.25, 0.3) is 0 Å². The first-order valence-electron chi connectivity index (χ1n) is 7.97. The van der Waals surface area contributed by atoms with Crippen LogP contribution in [0.15, 0.2) is 18.2 Å². The van der Waals surface area contributed by atoms with Gasteiger partial charge in [0, 0.05) is 0 Å². The highest BCUT2D eigenvalue weighted by atomic mass is 19.1. The molecule has 0 bridgehead atoms. The zero-order valence-electron chi connectivity index (χ0n) is 13.1. The van der Waals surface area contributed by atoms with Gasteiger partial charge in [-0.15, -0.1) is 0 Å². The molecule has 3 heteroatoms. The molecule has 21 heavy (non-hydrogen) atoms. The molecule has 0 spiro atoms. The Kier molecular flexibility index (Phi) is 3.54. The molecular formula is C18H24FNO. The van der Waals surface area contributed by atoms with Gasteiger partial charge in [-0.1, -0.05) is 32.9 Å². The Morgan fingerprint density at radius 3 is 2.43 bits per heavy atom. The molecule has 1 aromatic rings. The second-order valence-electron chi connectivity index (χ2n) is 7.65. The molecule has 0 radical (unpaired) electrons. The molecule has 1 aromatic carbocycles. The molecule has 0 aromatic heterocycles. The lowest BCUT2D eigenvalue weighted by Gasteiger charge is -2.38. The summed E-state index contributed by atoms with van der Waals surface area (Å²) in [5.41, 5.74) is 1.61. The fourth-order valence-electron chi connectivity index (χ4n) is 4.06. The summed E-state index contributed by atoms with van der Waals surface area (Å²) in [6.07, 6.45) is 4.47. The van der Waals surface area contributed by atoms with Crippen molar-refractivity contribution in [2.24, 2.45) is 17.3 Å². The number of carbonyl (C=O) groups excluding carboxylic acids is 1. The van der Waals surface area contributed by atoms with Gasteiger partial charge in [-0.3, -0.25) is 4.79 Å². The summed E-state index contributed by atoms with van der Waals surface area (Å²) in [5, 5.41) is 2.74. The lowest BCUT2D eigenvalue weighted by atomic mass is 9.67. The normalized spacial score (nSPS) is 29.1. The van der Waals surface area contributed by atoms with Gasteiger partial charge in [0.05, 0.1) is 11.6 Å². The molecule has 1 heterocycles. The first-order chi connectivity index (χ1) is 9.88. The Morgan fingerprint density at radius 2 is 1.81 bits per heavy atom. The van der Waals surface area contributed by atoms with Crippen LogP contribution < -0.4 is 5.32 Å². The first-order valence-corrected chi connectivity index (χ1v) is 7.97. The van der Waals surface area contributed by atoms with Gasteiger partial charge in [0.1, 0.15) is 5.82 Å². The van der Waals surface area contributed by atoms with Crippen molar-refractivity contribution in [1.29, 1.82) is 0 Å². The average Bonchev–Trinajstić information content (AvgIpc) is 2.76. The predicted molar refractivity (Wildman–Crippen MR) is 82.7 cm³/mol. The molecule has 1 aliphatic heterocycles. The number of rotatable bonds is 1. The second-order valence-corrected chi connectivity index (χ2v) is 7.65. The number of amides is 1. The van der Waals surface area contributed by atoms with E-state index in [0.29, 0.717) is 17.0 Å². The number of hydrogen-bond acceptors (Lipinski definition) is 1. The van der Waals surface area contributed by atoms with E-state index in [1.165, 1.54) is 18.9 Å². The van der Waals surface area contributed by atoms with E-state index in [4.69, 9.17) is 0 Å². The summed E-state index contributed by atoms with van der Waals surface area (Å²) in [4.78, 5) is 12.3. The Morgan fingerprint density at radius 1 is 1.14 bits per heavy atom. The van der Waals surface area contributed by atoms with Gasteiger partial charge >= 0.3 is 0 Å². The van der Waals surface area contributed by atoms with Crippen LogP contribution in [-0.2, 0) is 4.79 Å². The third kappa shape index (κ3) is 2.58. The van der Waals surface area contributed by atoms with E-state index in [1.807, 2.05) is 6.07 Å². The van der Waals surface area contributed by atoms with Gasteiger partial charge in [-0.2, -0.15) is 0 Å². The Bertz CT molecular complexity index is 553. The topological polar surface area (TPSA) is 29.1 Å². The van der Waals surface area contributed by atoms with Crippen LogP contribution in [0.1, 0.15) is 57.9 Å². The molecule has 1 aliphatic carbocycles. The maximum absolute atomic E-state index is 13.8. The highest BCUT2D eigenvalue weighted by molar-refractivity contribution is 6.03. The number of anilines is 1. The van der Waals surface area contributed by atoms with E-state index in [2.05, 4.69) is 26.1 Å². The summed E-state index contributed by atoms with van der Waals surface area (Å²) in [6.45, 7) is 6.89. The van der Waals surface area contributed by atoms with E-state index in [9.17, 15) is 9.18 Å². The van der Waals surface area contributed by atoms with Gasteiger partial charge in [-0.05, 0) is 54.6 Å². The number of fused-ring (bicyclic) bond motifs is 1. The number of hydrogen-bond donors (Lipinski definition) is 1. The van der Waals surface area contributed by atoms with Crippen molar-refractivity contribution in [2.75, 3.05) is 5.32 Å². The van der Waals surface area contributed by atoms with Crippen molar-refractivity contribution in [1.82, 2.24) is 0 Å². The maximum Gasteiger partial charge on any atom is 0.232 e. The molecule has 1 amide bonds. The quantitative estimate of drug-likeness (QED) is 0.796. The molecule has 2 aliphatic rings. The van der Waals surface area contributed by atoms with Crippen LogP contribution in [0.5, 0.6) is 0 Å². The van der Waals surface area contributed by atoms with Crippen molar-refractivity contribution in [2.45, 2.75) is 52.4 Å². The molecule has 3 rings (SSSR count). The van der Waals surface area contributed by atoms with E-state index < -0.39 is 0 Å². The molecule has 114 valence electrons. The van der Waals surface area contributed by atoms with E-state index in [-0.39, 0.29) is 17.6 Å². The number of para-hydroxylation sites is 1. The average molecular weight is 289 g/mol. The van der Waals surface area contributed by atoms with Crippen molar-refractivity contribution < 1.29 is 9.18 Å². The standard InChI is InChI=1S/C18H24FNO/c1-18(2,3)12-9-7-11(8-10-12)15-13-5-4-6-14(19)16(13)20-17(15)21/h4-6,11-12,15H,7-10H2,1-3H3,(H,20,21). The van der Waals surface area contributed by atoms with Gasteiger partial charge in [0.15, 0.2) is 0 Å². The van der Waals surface area contributed by atoms with E-state index in [0.717, 1.165) is 24.3 Å². The van der Waals surface area contributed by atoms with Crippen LogP contribution >= 0.6 is 0 Å². The monoisotopic (exact) mass is 289 g/mol. The molecule has 1 atom stereocenters. The summed E-state index contributed by atoms with van der Waals surface area (Å²) >= 11 is 0. The summed E-state index contributed by atoms with van der Waals surface area (Å²) in [7, 11) is 0. The fourth-order valence-corrected chi connectivity index (χ4v) is 4.06. The highest BCUT2D eigenvalue weighted by Gasteiger charge is 2.40. The van der Waals surface area contributed by atoms with Gasteiger partial charge < -0.3 is 5.32 Å². The van der Waals surface area contributed by atoms with Crippen LogP contribution in [0, 0.1) is 23.1 Å². The number of nitrogens with one attached hydrogen (secondary N) is 1. The maximum atomic E-state index is 13.8. The third-order valence-corrected chi connectivity index (χ3v) is 5.38. The number of halogens is 1. The molecule has 1 unspecified atom stereocenters. The molecular weight excluding hydrogens is 265 g/mol. The second kappa shape index (κ2) is 5.11. The fraction of sp³-hybridized carbons (Fsp3) is 0.611. The Labute approximate surface area is 126 Å². The minimum atomic E-state index is -0.313. The molecule has 2 nitrogen and oxygen atoms in total. The Balaban J connectivity index is 1.78. The smallest absolute Gasteiger partial charge is 0.232 e. The van der Waals surface area contributed by atoms with Gasteiger partial charge in [-0.25, -0.2) is 4.39 Å². The number of carbonyl (C=O) groups is 1. The SMILES string of the molecule is CC(C)(C)C1CCC(C2C(=O)Nc3c(F)cccc32)CC1. The van der Waals surface area contributed by atoms with E-state index in [1.54, 1.807) is 6.07 Å². The predicted octanol–water partition coefficient (Wildman–Crippen LogP) is 4.71. The Hall–Kier alpha value is -1.38. The van der Waals surface area contributed by atoms with Crippen LogP contribution in [-0.4, -0.2) is 5.91 Å². The van der Waals surface area contributed by atoms with Crippen molar-refractivity contribution in [3.8, 4) is 0 Å². The summed E-state index contributed by atoms with van der Waals surface area (Å²) in [6, 6.07) is 5.02. The minimum Gasteiger partial charge on any atom is -0.323 e. The lowest BCUT2D eigenvalue weighted by Crippen LogP contribution is -2.30. The summed E-state index contributed by atoms with van der Waals surface area (Å²) < 4.78 is 13.8. The molecule has 1 saturated carbocycles. The van der Waals surface area contributed by atoms with Gasteiger partial charge in [0.2, 0.25) is 5.91 Å². The summed E-state index contributed by atoms with van der Waals surface area (Å²) in [5.74, 6) is 0.592. The zero-order chi connectivity index (χ0) is 15.2.